The minimum atomic E-state index is -0.268. The van der Waals surface area contributed by atoms with Crippen LogP contribution in [0.25, 0.3) is 16.9 Å². The highest BCUT2D eigenvalue weighted by molar-refractivity contribution is 6.30. The maximum absolute atomic E-state index is 13.1. The molecule has 0 saturated carbocycles. The molecule has 3 heterocycles. The molecule has 1 aromatic carbocycles. The lowest BCUT2D eigenvalue weighted by atomic mass is 10.1. The van der Waals surface area contributed by atoms with Crippen LogP contribution in [0.3, 0.4) is 0 Å². The summed E-state index contributed by atoms with van der Waals surface area (Å²) in [5, 5.41) is 0.512. The lowest BCUT2D eigenvalue weighted by Crippen LogP contribution is -1.95. The zero-order valence-corrected chi connectivity index (χ0v) is 13.7. The van der Waals surface area contributed by atoms with Crippen molar-refractivity contribution in [2.75, 3.05) is 0 Å². The molecule has 124 valence electrons. The topological polar surface area (TPSA) is 52.3 Å². The van der Waals surface area contributed by atoms with Gasteiger partial charge in [0.2, 0.25) is 5.78 Å². The van der Waals surface area contributed by atoms with Gasteiger partial charge in [0, 0.05) is 36.4 Å². The molecule has 0 aliphatic rings. The highest BCUT2D eigenvalue weighted by Crippen LogP contribution is 2.20. The standard InChI is InChI=1S/C18H12ClFN4O/c19-14-5-17(8-21-7-14)25-11-16-10-24-9-13(6-22-18(24)23-16)12-1-3-15(20)4-2-12/h1-10H,11H2. The van der Waals surface area contributed by atoms with Gasteiger partial charge >= 0.3 is 0 Å². The van der Waals surface area contributed by atoms with Gasteiger partial charge in [0.25, 0.3) is 0 Å². The molecule has 0 atom stereocenters. The van der Waals surface area contributed by atoms with E-state index in [0.717, 1.165) is 16.8 Å². The molecular formula is C18H12ClFN4O. The molecule has 4 rings (SSSR count). The number of rotatable bonds is 4. The summed E-state index contributed by atoms with van der Waals surface area (Å²) in [6.07, 6.45) is 8.58. The second kappa shape index (κ2) is 6.49. The normalized spacial score (nSPS) is 11.0. The average molecular weight is 355 g/mol. The Morgan fingerprint density at radius 3 is 2.68 bits per heavy atom. The van der Waals surface area contributed by atoms with Gasteiger partial charge < -0.3 is 4.74 Å². The Morgan fingerprint density at radius 2 is 1.88 bits per heavy atom. The Hall–Kier alpha value is -2.99. The van der Waals surface area contributed by atoms with Gasteiger partial charge in [-0.1, -0.05) is 23.7 Å². The molecule has 0 bridgehead atoms. The average Bonchev–Trinajstić information content (AvgIpc) is 3.03. The number of nitrogens with zero attached hydrogens (tertiary/aromatic N) is 4. The Bertz CT molecular complexity index is 1030. The van der Waals surface area contributed by atoms with E-state index in [4.69, 9.17) is 16.3 Å². The van der Waals surface area contributed by atoms with E-state index in [-0.39, 0.29) is 12.4 Å². The number of fused-ring (bicyclic) bond motifs is 1. The SMILES string of the molecule is Fc1ccc(-c2cnc3nc(COc4cncc(Cl)c4)cn3c2)cc1. The van der Waals surface area contributed by atoms with Crippen molar-refractivity contribution in [1.29, 1.82) is 0 Å². The van der Waals surface area contributed by atoms with Crippen molar-refractivity contribution in [2.24, 2.45) is 0 Å². The van der Waals surface area contributed by atoms with Crippen molar-refractivity contribution in [1.82, 2.24) is 19.4 Å². The molecule has 0 fully saturated rings. The van der Waals surface area contributed by atoms with Crippen LogP contribution in [-0.2, 0) is 6.61 Å². The van der Waals surface area contributed by atoms with Gasteiger partial charge in [-0.3, -0.25) is 9.38 Å². The van der Waals surface area contributed by atoms with Crippen molar-refractivity contribution in [2.45, 2.75) is 6.61 Å². The second-order valence-corrected chi connectivity index (χ2v) is 5.85. The highest BCUT2D eigenvalue weighted by Gasteiger charge is 2.07. The summed E-state index contributed by atoms with van der Waals surface area (Å²) in [7, 11) is 0. The first-order valence-corrected chi connectivity index (χ1v) is 7.88. The molecule has 0 aliphatic carbocycles. The molecule has 3 aromatic heterocycles. The number of halogens is 2. The van der Waals surface area contributed by atoms with Crippen LogP contribution in [0.2, 0.25) is 5.02 Å². The van der Waals surface area contributed by atoms with Gasteiger partial charge in [0.1, 0.15) is 18.2 Å². The fourth-order valence-electron chi connectivity index (χ4n) is 2.42. The maximum Gasteiger partial charge on any atom is 0.234 e. The number of imidazole rings is 1. The number of hydrogen-bond acceptors (Lipinski definition) is 4. The van der Waals surface area contributed by atoms with Crippen LogP contribution in [0, 0.1) is 5.82 Å². The first kappa shape index (κ1) is 15.5. The Balaban J connectivity index is 1.56. The number of aromatic nitrogens is 4. The third kappa shape index (κ3) is 3.44. The predicted molar refractivity (Wildman–Crippen MR) is 92.0 cm³/mol. The molecule has 0 radical (unpaired) electrons. The van der Waals surface area contributed by atoms with Crippen LogP contribution in [0.15, 0.2) is 61.3 Å². The lowest BCUT2D eigenvalue weighted by molar-refractivity contribution is 0.301. The summed E-state index contributed by atoms with van der Waals surface area (Å²) >= 11 is 5.88. The number of benzene rings is 1. The van der Waals surface area contributed by atoms with Crippen LogP contribution in [-0.4, -0.2) is 19.4 Å². The zero-order chi connectivity index (χ0) is 17.2. The molecule has 0 unspecified atom stereocenters. The van der Waals surface area contributed by atoms with Gasteiger partial charge in [-0.15, -0.1) is 0 Å². The monoisotopic (exact) mass is 354 g/mol. The molecule has 0 saturated heterocycles. The largest absolute Gasteiger partial charge is 0.486 e. The number of pyridine rings is 1. The molecule has 7 heteroatoms. The predicted octanol–water partition coefficient (Wildman–Crippen LogP) is 4.16. The fourth-order valence-corrected chi connectivity index (χ4v) is 2.59. The van der Waals surface area contributed by atoms with E-state index in [1.807, 2.05) is 16.8 Å². The Morgan fingerprint density at radius 1 is 1.04 bits per heavy atom. The van der Waals surface area contributed by atoms with Crippen molar-refractivity contribution >= 4 is 17.4 Å². The number of ether oxygens (including phenoxy) is 1. The van der Waals surface area contributed by atoms with E-state index in [1.54, 1.807) is 36.8 Å². The van der Waals surface area contributed by atoms with Crippen LogP contribution >= 0.6 is 11.6 Å². The lowest BCUT2D eigenvalue weighted by Gasteiger charge is -2.03. The zero-order valence-electron chi connectivity index (χ0n) is 12.9. The van der Waals surface area contributed by atoms with Crippen molar-refractivity contribution in [3.05, 3.63) is 77.8 Å². The summed E-state index contributed by atoms with van der Waals surface area (Å²) in [4.78, 5) is 12.7. The summed E-state index contributed by atoms with van der Waals surface area (Å²) < 4.78 is 20.5. The van der Waals surface area contributed by atoms with E-state index in [2.05, 4.69) is 15.0 Å². The van der Waals surface area contributed by atoms with Gasteiger partial charge in [-0.05, 0) is 17.7 Å². The smallest absolute Gasteiger partial charge is 0.234 e. The summed E-state index contributed by atoms with van der Waals surface area (Å²) in [6, 6.07) is 7.96. The minimum absolute atomic E-state index is 0.268. The molecule has 4 aromatic rings. The molecular weight excluding hydrogens is 343 g/mol. The fraction of sp³-hybridized carbons (Fsp3) is 0.0556. The highest BCUT2D eigenvalue weighted by atomic mass is 35.5. The summed E-state index contributed by atoms with van der Waals surface area (Å²) in [5.74, 6) is 0.869. The minimum Gasteiger partial charge on any atom is -0.486 e. The van der Waals surface area contributed by atoms with Crippen LogP contribution in [0.5, 0.6) is 5.75 Å². The quantitative estimate of drug-likeness (QED) is 0.552. The van der Waals surface area contributed by atoms with Gasteiger partial charge in [-0.2, -0.15) is 0 Å². The van der Waals surface area contributed by atoms with Gasteiger partial charge in [0.05, 0.1) is 16.9 Å². The summed E-state index contributed by atoms with van der Waals surface area (Å²) in [6.45, 7) is 0.275. The van der Waals surface area contributed by atoms with E-state index < -0.39 is 0 Å². The molecule has 5 nitrogen and oxygen atoms in total. The van der Waals surface area contributed by atoms with Crippen LogP contribution < -0.4 is 4.74 Å². The van der Waals surface area contributed by atoms with Gasteiger partial charge in [-0.25, -0.2) is 14.4 Å². The van der Waals surface area contributed by atoms with E-state index in [0.29, 0.717) is 16.5 Å². The van der Waals surface area contributed by atoms with Crippen LogP contribution in [0.1, 0.15) is 5.69 Å². The first-order chi connectivity index (χ1) is 12.2. The second-order valence-electron chi connectivity index (χ2n) is 5.42. The third-order valence-corrected chi connectivity index (χ3v) is 3.81. The first-order valence-electron chi connectivity index (χ1n) is 7.50. The maximum atomic E-state index is 13.1. The third-order valence-electron chi connectivity index (χ3n) is 3.60. The Kier molecular flexibility index (Phi) is 4.03. The van der Waals surface area contributed by atoms with Crippen LogP contribution in [0.4, 0.5) is 4.39 Å². The molecule has 0 amide bonds. The van der Waals surface area contributed by atoms with E-state index in [1.165, 1.54) is 12.1 Å². The molecule has 0 aliphatic heterocycles. The number of hydrogen-bond donors (Lipinski definition) is 0. The van der Waals surface area contributed by atoms with E-state index >= 15 is 0 Å². The van der Waals surface area contributed by atoms with E-state index in [9.17, 15) is 4.39 Å². The van der Waals surface area contributed by atoms with Crippen molar-refractivity contribution < 1.29 is 9.13 Å². The van der Waals surface area contributed by atoms with Gasteiger partial charge in [0.15, 0.2) is 0 Å². The Labute approximate surface area is 147 Å². The molecule has 0 N–H and O–H groups in total. The van der Waals surface area contributed by atoms with Crippen molar-refractivity contribution in [3.8, 4) is 16.9 Å². The molecule has 25 heavy (non-hydrogen) atoms. The molecule has 0 spiro atoms. The van der Waals surface area contributed by atoms with Crippen molar-refractivity contribution in [3.63, 3.8) is 0 Å². The summed E-state index contributed by atoms with van der Waals surface area (Å²) in [5.41, 5.74) is 2.48.